The Balaban J connectivity index is 2.79. The van der Waals surface area contributed by atoms with E-state index in [0.29, 0.717) is 5.69 Å². The first-order valence-corrected chi connectivity index (χ1v) is 4.50. The van der Waals surface area contributed by atoms with Gasteiger partial charge < -0.3 is 11.5 Å². The highest BCUT2D eigenvalue weighted by atomic mass is 32.1. The van der Waals surface area contributed by atoms with Gasteiger partial charge in [-0.25, -0.2) is 0 Å². The molecule has 15 heavy (non-hydrogen) atoms. The number of nitrogens with zero attached hydrogens (tertiary/aromatic N) is 1. The minimum Gasteiger partial charge on any atom is -0.388 e. The van der Waals surface area contributed by atoms with Crippen molar-refractivity contribution in [1.29, 1.82) is 0 Å². The molecule has 0 saturated heterocycles. The Morgan fingerprint density at radius 2 is 1.87 bits per heavy atom. The van der Waals surface area contributed by atoms with Gasteiger partial charge in [0.2, 0.25) is 0 Å². The van der Waals surface area contributed by atoms with Crippen molar-refractivity contribution in [3.8, 4) is 0 Å². The normalized spacial score (nSPS) is 10.8. The molecular formula is C9H10N4OS. The fourth-order valence-electron chi connectivity index (χ4n) is 0.865. The lowest BCUT2D eigenvalue weighted by Gasteiger charge is -2.02. The summed E-state index contributed by atoms with van der Waals surface area (Å²) < 4.78 is 0. The van der Waals surface area contributed by atoms with Crippen LogP contribution in [0.15, 0.2) is 35.4 Å². The smallest absolute Gasteiger partial charge is 0.272 e. The van der Waals surface area contributed by atoms with Crippen LogP contribution in [0.25, 0.3) is 0 Å². The molecule has 1 amide bonds. The molecule has 6 heteroatoms. The molecule has 0 aliphatic heterocycles. The number of hydrogen-bond acceptors (Lipinski definition) is 4. The molecule has 1 rings (SSSR count). The SMILES string of the molecule is NC(=O)C(=NNc1ccccc1)C(N)=S. The van der Waals surface area contributed by atoms with E-state index in [1.54, 1.807) is 12.1 Å². The summed E-state index contributed by atoms with van der Waals surface area (Å²) >= 11 is 4.61. The van der Waals surface area contributed by atoms with Crippen molar-refractivity contribution in [2.75, 3.05) is 5.43 Å². The van der Waals surface area contributed by atoms with Gasteiger partial charge in [0.25, 0.3) is 5.91 Å². The zero-order valence-corrected chi connectivity index (χ0v) is 8.62. The highest BCUT2D eigenvalue weighted by Gasteiger charge is 2.09. The van der Waals surface area contributed by atoms with Crippen LogP contribution in [0, 0.1) is 0 Å². The largest absolute Gasteiger partial charge is 0.388 e. The molecule has 0 aliphatic carbocycles. The molecule has 0 spiro atoms. The average Bonchev–Trinajstić information content (AvgIpc) is 2.18. The molecule has 1 aromatic carbocycles. The summed E-state index contributed by atoms with van der Waals surface area (Å²) in [6.07, 6.45) is 0. The third kappa shape index (κ3) is 3.35. The van der Waals surface area contributed by atoms with Crippen molar-refractivity contribution >= 4 is 34.5 Å². The van der Waals surface area contributed by atoms with Gasteiger partial charge >= 0.3 is 0 Å². The zero-order valence-electron chi connectivity index (χ0n) is 7.81. The van der Waals surface area contributed by atoms with Crippen LogP contribution in [0.5, 0.6) is 0 Å². The number of para-hydroxylation sites is 1. The van der Waals surface area contributed by atoms with Crippen molar-refractivity contribution in [2.45, 2.75) is 0 Å². The molecule has 78 valence electrons. The third-order valence-electron chi connectivity index (χ3n) is 1.54. The van der Waals surface area contributed by atoms with E-state index in [4.69, 9.17) is 11.5 Å². The Labute approximate surface area is 92.1 Å². The van der Waals surface area contributed by atoms with Crippen molar-refractivity contribution in [3.05, 3.63) is 30.3 Å². The number of carbonyl (C=O) groups excluding carboxylic acids is 1. The lowest BCUT2D eigenvalue weighted by atomic mass is 10.3. The molecule has 0 unspecified atom stereocenters. The van der Waals surface area contributed by atoms with E-state index in [1.165, 1.54) is 0 Å². The number of primary amides is 1. The van der Waals surface area contributed by atoms with E-state index >= 15 is 0 Å². The van der Waals surface area contributed by atoms with Gasteiger partial charge in [-0.15, -0.1) is 0 Å². The van der Waals surface area contributed by atoms with Gasteiger partial charge in [-0.3, -0.25) is 10.2 Å². The topological polar surface area (TPSA) is 93.5 Å². The number of carbonyl (C=O) groups is 1. The van der Waals surface area contributed by atoms with Crippen molar-refractivity contribution < 1.29 is 4.79 Å². The van der Waals surface area contributed by atoms with Crippen LogP contribution in [-0.4, -0.2) is 16.6 Å². The first-order valence-electron chi connectivity index (χ1n) is 4.09. The van der Waals surface area contributed by atoms with Crippen LogP contribution in [-0.2, 0) is 4.79 Å². The first-order chi connectivity index (χ1) is 7.11. The van der Waals surface area contributed by atoms with Gasteiger partial charge in [0.05, 0.1) is 5.69 Å². The summed E-state index contributed by atoms with van der Waals surface area (Å²) in [6, 6.07) is 9.06. The van der Waals surface area contributed by atoms with E-state index in [0.717, 1.165) is 0 Å². The highest BCUT2D eigenvalue weighted by Crippen LogP contribution is 2.04. The maximum absolute atomic E-state index is 10.8. The standard InChI is InChI=1S/C9H10N4OS/c10-8(14)7(9(11)15)13-12-6-4-2-1-3-5-6/h1-5,12H,(H2,10,14)(H2,11,15). The Kier molecular flexibility index (Phi) is 3.75. The lowest BCUT2D eigenvalue weighted by molar-refractivity contribution is -0.111. The van der Waals surface area contributed by atoms with Crippen LogP contribution in [0.4, 0.5) is 5.69 Å². The summed E-state index contributed by atoms with van der Waals surface area (Å²) in [5.74, 6) is -0.758. The van der Waals surface area contributed by atoms with Gasteiger partial charge in [-0.2, -0.15) is 5.10 Å². The van der Waals surface area contributed by atoms with E-state index in [1.807, 2.05) is 18.2 Å². The fourth-order valence-corrected chi connectivity index (χ4v) is 1.01. The second-order valence-electron chi connectivity index (χ2n) is 2.67. The van der Waals surface area contributed by atoms with Crippen LogP contribution >= 0.6 is 12.2 Å². The quantitative estimate of drug-likeness (QED) is 0.386. The summed E-state index contributed by atoms with van der Waals surface area (Å²) in [4.78, 5) is 10.7. The number of hydrazone groups is 1. The fraction of sp³-hybridized carbons (Fsp3) is 0. The Hall–Kier alpha value is -1.95. The number of hydrogen-bond donors (Lipinski definition) is 3. The molecule has 0 aromatic heterocycles. The third-order valence-corrected chi connectivity index (χ3v) is 1.73. The molecule has 0 fully saturated rings. The van der Waals surface area contributed by atoms with Gasteiger partial charge in [-0.05, 0) is 12.1 Å². The van der Waals surface area contributed by atoms with Crippen molar-refractivity contribution in [3.63, 3.8) is 0 Å². The van der Waals surface area contributed by atoms with Gasteiger partial charge in [-0.1, -0.05) is 30.4 Å². The average molecular weight is 222 g/mol. The van der Waals surface area contributed by atoms with Gasteiger partial charge in [0.1, 0.15) is 4.99 Å². The highest BCUT2D eigenvalue weighted by molar-refractivity contribution is 7.82. The Morgan fingerprint density at radius 3 is 2.33 bits per heavy atom. The number of rotatable bonds is 4. The summed E-state index contributed by atoms with van der Waals surface area (Å²) in [5.41, 5.74) is 13.5. The van der Waals surface area contributed by atoms with Crippen molar-refractivity contribution in [2.24, 2.45) is 16.6 Å². The van der Waals surface area contributed by atoms with E-state index in [9.17, 15) is 4.79 Å². The van der Waals surface area contributed by atoms with Crippen LogP contribution < -0.4 is 16.9 Å². The monoisotopic (exact) mass is 222 g/mol. The molecule has 0 bridgehead atoms. The molecule has 0 saturated carbocycles. The number of benzene rings is 1. The second-order valence-corrected chi connectivity index (χ2v) is 3.11. The summed E-state index contributed by atoms with van der Waals surface area (Å²) in [7, 11) is 0. The van der Waals surface area contributed by atoms with Crippen LogP contribution in [0.2, 0.25) is 0 Å². The molecule has 0 aliphatic rings. The molecule has 0 radical (unpaired) electrons. The Morgan fingerprint density at radius 1 is 1.27 bits per heavy atom. The van der Waals surface area contributed by atoms with E-state index in [-0.39, 0.29) is 10.7 Å². The Bertz CT molecular complexity index is 386. The van der Waals surface area contributed by atoms with E-state index in [2.05, 4.69) is 22.7 Å². The predicted molar refractivity (Wildman–Crippen MR) is 63.5 cm³/mol. The van der Waals surface area contributed by atoms with Crippen LogP contribution in [0.3, 0.4) is 0 Å². The lowest BCUT2D eigenvalue weighted by Crippen LogP contribution is -2.35. The zero-order chi connectivity index (χ0) is 11.3. The van der Waals surface area contributed by atoms with Gasteiger partial charge in [0, 0.05) is 0 Å². The molecule has 1 aromatic rings. The maximum atomic E-state index is 10.8. The summed E-state index contributed by atoms with van der Waals surface area (Å²) in [6.45, 7) is 0. The summed E-state index contributed by atoms with van der Waals surface area (Å²) in [5, 5.41) is 3.72. The van der Waals surface area contributed by atoms with E-state index < -0.39 is 5.91 Å². The molecular weight excluding hydrogens is 212 g/mol. The number of nitrogens with two attached hydrogens (primary N) is 2. The van der Waals surface area contributed by atoms with Gasteiger partial charge in [0.15, 0.2) is 5.71 Å². The molecule has 0 atom stereocenters. The predicted octanol–water partition coefficient (Wildman–Crippen LogP) is 0.226. The molecule has 5 nitrogen and oxygen atoms in total. The second kappa shape index (κ2) is 5.06. The molecule has 5 N–H and O–H groups in total. The van der Waals surface area contributed by atoms with Crippen molar-refractivity contribution in [1.82, 2.24) is 0 Å². The number of thiocarbonyl (C=S) groups is 1. The molecule has 0 heterocycles. The minimum absolute atomic E-state index is 0.133. The van der Waals surface area contributed by atoms with Crippen LogP contribution in [0.1, 0.15) is 0 Å². The first kappa shape index (κ1) is 11.1. The number of anilines is 1. The maximum Gasteiger partial charge on any atom is 0.272 e. The number of amides is 1. The number of nitrogens with one attached hydrogen (secondary N) is 1. The minimum atomic E-state index is -0.758.